The van der Waals surface area contributed by atoms with Gasteiger partial charge in [0.25, 0.3) is 5.56 Å². The van der Waals surface area contributed by atoms with Crippen molar-refractivity contribution in [1.82, 2.24) is 15.1 Å². The summed E-state index contributed by atoms with van der Waals surface area (Å²) in [7, 11) is 0. The Hall–Kier alpha value is -2.17. The molecule has 0 saturated carbocycles. The standard InChI is InChI=1S/C14H17N3O2/c1-9(2)15-13(18)8-17-14(19)12-7-5-4-6-11(12)10(3)16-17/h4-7,9H,8H2,1-3H3,(H,15,18). The molecule has 0 aliphatic carbocycles. The van der Waals surface area contributed by atoms with Crippen molar-refractivity contribution in [3.05, 3.63) is 40.3 Å². The van der Waals surface area contributed by atoms with Gasteiger partial charge in [-0.3, -0.25) is 9.59 Å². The van der Waals surface area contributed by atoms with Gasteiger partial charge in [0.2, 0.25) is 5.91 Å². The summed E-state index contributed by atoms with van der Waals surface area (Å²) >= 11 is 0. The molecule has 5 heteroatoms. The van der Waals surface area contributed by atoms with Crippen molar-refractivity contribution in [3.63, 3.8) is 0 Å². The average Bonchev–Trinajstić information content (AvgIpc) is 2.34. The third kappa shape index (κ3) is 2.81. The summed E-state index contributed by atoms with van der Waals surface area (Å²) in [5, 5.41) is 8.36. The van der Waals surface area contributed by atoms with E-state index in [1.807, 2.05) is 39.0 Å². The first-order valence-electron chi connectivity index (χ1n) is 6.25. The first-order valence-corrected chi connectivity index (χ1v) is 6.25. The molecule has 0 spiro atoms. The van der Waals surface area contributed by atoms with Gasteiger partial charge in [0.15, 0.2) is 0 Å². The first kappa shape index (κ1) is 13.3. The summed E-state index contributed by atoms with van der Waals surface area (Å²) in [6.07, 6.45) is 0. The molecule has 1 amide bonds. The molecule has 0 aliphatic rings. The topological polar surface area (TPSA) is 64.0 Å². The van der Waals surface area contributed by atoms with Crippen LogP contribution in [-0.4, -0.2) is 21.7 Å². The van der Waals surface area contributed by atoms with E-state index in [-0.39, 0.29) is 24.1 Å². The van der Waals surface area contributed by atoms with Gasteiger partial charge in [-0.2, -0.15) is 5.10 Å². The average molecular weight is 259 g/mol. The van der Waals surface area contributed by atoms with E-state index in [0.717, 1.165) is 11.1 Å². The highest BCUT2D eigenvalue weighted by Crippen LogP contribution is 2.11. The summed E-state index contributed by atoms with van der Waals surface area (Å²) in [6.45, 7) is 5.53. The molecule has 0 radical (unpaired) electrons. The van der Waals surface area contributed by atoms with E-state index >= 15 is 0 Å². The van der Waals surface area contributed by atoms with Crippen molar-refractivity contribution in [2.24, 2.45) is 0 Å². The zero-order valence-corrected chi connectivity index (χ0v) is 11.3. The molecule has 1 heterocycles. The Bertz CT molecular complexity index is 674. The molecule has 0 bridgehead atoms. The Morgan fingerprint density at radius 2 is 1.95 bits per heavy atom. The summed E-state index contributed by atoms with van der Waals surface area (Å²) in [4.78, 5) is 23.9. The Labute approximate surface area is 111 Å². The molecule has 19 heavy (non-hydrogen) atoms. The molecule has 2 aromatic rings. The Morgan fingerprint density at radius 1 is 1.32 bits per heavy atom. The molecule has 0 saturated heterocycles. The fourth-order valence-electron chi connectivity index (χ4n) is 2.02. The Kier molecular flexibility index (Phi) is 3.64. The van der Waals surface area contributed by atoms with Gasteiger partial charge in [0.1, 0.15) is 6.54 Å². The highest BCUT2D eigenvalue weighted by molar-refractivity contribution is 5.83. The minimum atomic E-state index is -0.236. The maximum atomic E-state index is 12.2. The minimum Gasteiger partial charge on any atom is -0.352 e. The zero-order chi connectivity index (χ0) is 14.0. The van der Waals surface area contributed by atoms with E-state index in [9.17, 15) is 9.59 Å². The maximum Gasteiger partial charge on any atom is 0.275 e. The molecular weight excluding hydrogens is 242 g/mol. The predicted molar refractivity (Wildman–Crippen MR) is 74.0 cm³/mol. The minimum absolute atomic E-state index is 0.0461. The number of nitrogens with zero attached hydrogens (tertiary/aromatic N) is 2. The summed E-state index contributed by atoms with van der Waals surface area (Å²) in [6, 6.07) is 7.33. The first-order chi connectivity index (χ1) is 8.99. The molecule has 100 valence electrons. The van der Waals surface area contributed by atoms with Crippen LogP contribution in [0.4, 0.5) is 0 Å². The summed E-state index contributed by atoms with van der Waals surface area (Å²) in [5.74, 6) is -0.209. The van der Waals surface area contributed by atoms with Crippen LogP contribution in [-0.2, 0) is 11.3 Å². The quantitative estimate of drug-likeness (QED) is 0.901. The number of hydrogen-bond donors (Lipinski definition) is 1. The van der Waals surface area contributed by atoms with E-state index in [4.69, 9.17) is 0 Å². The van der Waals surface area contributed by atoms with Gasteiger partial charge in [-0.05, 0) is 26.8 Å². The third-order valence-electron chi connectivity index (χ3n) is 2.80. The third-order valence-corrected chi connectivity index (χ3v) is 2.80. The van der Waals surface area contributed by atoms with E-state index in [0.29, 0.717) is 5.39 Å². The van der Waals surface area contributed by atoms with Gasteiger partial charge < -0.3 is 5.32 Å². The number of carbonyl (C=O) groups excluding carboxylic acids is 1. The van der Waals surface area contributed by atoms with Crippen LogP contribution in [0, 0.1) is 6.92 Å². The second kappa shape index (κ2) is 5.22. The van der Waals surface area contributed by atoms with Crippen molar-refractivity contribution in [2.45, 2.75) is 33.4 Å². The smallest absolute Gasteiger partial charge is 0.275 e. The van der Waals surface area contributed by atoms with Gasteiger partial charge in [-0.25, -0.2) is 4.68 Å². The maximum absolute atomic E-state index is 12.2. The highest BCUT2D eigenvalue weighted by atomic mass is 16.2. The monoisotopic (exact) mass is 259 g/mol. The lowest BCUT2D eigenvalue weighted by Crippen LogP contribution is -2.37. The van der Waals surface area contributed by atoms with Crippen molar-refractivity contribution in [3.8, 4) is 0 Å². The second-order valence-electron chi connectivity index (χ2n) is 4.82. The van der Waals surface area contributed by atoms with E-state index in [2.05, 4.69) is 10.4 Å². The summed E-state index contributed by atoms with van der Waals surface area (Å²) in [5.41, 5.74) is 0.507. The van der Waals surface area contributed by atoms with Crippen molar-refractivity contribution in [1.29, 1.82) is 0 Å². The second-order valence-corrected chi connectivity index (χ2v) is 4.82. The lowest BCUT2D eigenvalue weighted by atomic mass is 10.1. The van der Waals surface area contributed by atoms with Crippen molar-refractivity contribution < 1.29 is 4.79 Å². The van der Waals surface area contributed by atoms with Crippen LogP contribution in [0.2, 0.25) is 0 Å². The number of carbonyl (C=O) groups is 1. The number of rotatable bonds is 3. The van der Waals surface area contributed by atoms with Crippen LogP contribution in [0.1, 0.15) is 19.5 Å². The van der Waals surface area contributed by atoms with Gasteiger partial charge >= 0.3 is 0 Å². The number of amides is 1. The number of aromatic nitrogens is 2. The van der Waals surface area contributed by atoms with Gasteiger partial charge in [-0.1, -0.05) is 18.2 Å². The van der Waals surface area contributed by atoms with Crippen LogP contribution in [0.25, 0.3) is 10.8 Å². The Morgan fingerprint density at radius 3 is 2.58 bits per heavy atom. The molecule has 0 unspecified atom stereocenters. The van der Waals surface area contributed by atoms with Gasteiger partial charge in [-0.15, -0.1) is 0 Å². The molecule has 1 aromatic heterocycles. The molecule has 1 aromatic carbocycles. The van der Waals surface area contributed by atoms with E-state index < -0.39 is 0 Å². The number of benzene rings is 1. The molecule has 2 rings (SSSR count). The van der Waals surface area contributed by atoms with Crippen LogP contribution in [0.3, 0.4) is 0 Å². The largest absolute Gasteiger partial charge is 0.352 e. The number of nitrogens with one attached hydrogen (secondary N) is 1. The summed E-state index contributed by atoms with van der Waals surface area (Å²) < 4.78 is 1.22. The normalized spacial score (nSPS) is 10.9. The molecule has 1 N–H and O–H groups in total. The fourth-order valence-corrected chi connectivity index (χ4v) is 2.02. The molecule has 0 atom stereocenters. The Balaban J connectivity index is 2.42. The van der Waals surface area contributed by atoms with Gasteiger partial charge in [0.05, 0.1) is 11.1 Å². The van der Waals surface area contributed by atoms with Crippen molar-refractivity contribution >= 4 is 16.7 Å². The molecule has 0 aliphatic heterocycles. The van der Waals surface area contributed by atoms with Crippen LogP contribution in [0.15, 0.2) is 29.1 Å². The predicted octanol–water partition coefficient (Wildman–Crippen LogP) is 1.23. The SMILES string of the molecule is Cc1nn(CC(=O)NC(C)C)c(=O)c2ccccc12. The van der Waals surface area contributed by atoms with Crippen molar-refractivity contribution in [2.75, 3.05) is 0 Å². The van der Waals surface area contributed by atoms with E-state index in [1.54, 1.807) is 6.07 Å². The highest BCUT2D eigenvalue weighted by Gasteiger charge is 2.10. The van der Waals surface area contributed by atoms with E-state index in [1.165, 1.54) is 4.68 Å². The molecule has 5 nitrogen and oxygen atoms in total. The lowest BCUT2D eigenvalue weighted by Gasteiger charge is -2.10. The zero-order valence-electron chi connectivity index (χ0n) is 11.3. The van der Waals surface area contributed by atoms with Crippen LogP contribution < -0.4 is 10.9 Å². The number of hydrogen-bond acceptors (Lipinski definition) is 3. The van der Waals surface area contributed by atoms with Gasteiger partial charge in [0, 0.05) is 11.4 Å². The number of fused-ring (bicyclic) bond motifs is 1. The molecule has 0 fully saturated rings. The van der Waals surface area contributed by atoms with Crippen LogP contribution >= 0.6 is 0 Å². The molecular formula is C14H17N3O2. The lowest BCUT2D eigenvalue weighted by molar-refractivity contribution is -0.122. The fraction of sp³-hybridized carbons (Fsp3) is 0.357. The van der Waals surface area contributed by atoms with Crippen LogP contribution in [0.5, 0.6) is 0 Å². The number of aryl methyl sites for hydroxylation is 1.